The number of aryl methyl sites for hydroxylation is 1. The molecule has 0 bridgehead atoms. The van der Waals surface area contributed by atoms with Crippen LogP contribution in [0.5, 0.6) is 0 Å². The summed E-state index contributed by atoms with van der Waals surface area (Å²) < 4.78 is 0. The van der Waals surface area contributed by atoms with Crippen LogP contribution in [0.1, 0.15) is 29.7 Å². The Hall–Kier alpha value is -2.78. The van der Waals surface area contributed by atoms with Crippen LogP contribution in [-0.4, -0.2) is 16.0 Å². The van der Waals surface area contributed by atoms with Gasteiger partial charge in [0.05, 0.1) is 16.4 Å². The molecule has 124 valence electrons. The van der Waals surface area contributed by atoms with Gasteiger partial charge in [0.1, 0.15) is 11.6 Å². The van der Waals surface area contributed by atoms with E-state index in [1.54, 1.807) is 6.20 Å². The molecular formula is C19H17N5S. The smallest absolute Gasteiger partial charge is 0.223 e. The highest BCUT2D eigenvalue weighted by molar-refractivity contribution is 8.06. The maximum Gasteiger partial charge on any atom is 0.223 e. The van der Waals surface area contributed by atoms with Crippen molar-refractivity contribution < 1.29 is 0 Å². The number of hydrogen-bond donors (Lipinski definition) is 2. The zero-order valence-corrected chi connectivity index (χ0v) is 14.6. The van der Waals surface area contributed by atoms with Gasteiger partial charge in [-0.3, -0.25) is 0 Å². The van der Waals surface area contributed by atoms with Crippen molar-refractivity contribution in [3.8, 4) is 6.07 Å². The average molecular weight is 347 g/mol. The molecule has 4 rings (SSSR count). The second-order valence-corrected chi connectivity index (χ2v) is 6.98. The number of thioether (sulfide) groups is 1. The standard InChI is InChI=1S/C19H17N5S/c1-12-10-21-19(22-14-7-8-14)24-17(12)15(9-20)18-23-16(11-25-18)13-5-3-2-4-6-13/h2-6,10-11,14,23H,7-8H2,1H3,(H,21,22,24)/b18-15-. The van der Waals surface area contributed by atoms with Gasteiger partial charge < -0.3 is 10.6 Å². The number of anilines is 1. The Morgan fingerprint density at radius 1 is 1.32 bits per heavy atom. The summed E-state index contributed by atoms with van der Waals surface area (Å²) in [5.41, 5.74) is 4.21. The molecule has 2 heterocycles. The van der Waals surface area contributed by atoms with Gasteiger partial charge in [0.2, 0.25) is 5.95 Å². The van der Waals surface area contributed by atoms with Gasteiger partial charge in [0.15, 0.2) is 0 Å². The number of nitrogens with one attached hydrogen (secondary N) is 2. The lowest BCUT2D eigenvalue weighted by molar-refractivity contribution is 1.03. The molecule has 1 aliphatic carbocycles. The zero-order chi connectivity index (χ0) is 17.2. The summed E-state index contributed by atoms with van der Waals surface area (Å²) in [5, 5.41) is 19.2. The third-order valence-electron chi connectivity index (χ3n) is 4.09. The lowest BCUT2D eigenvalue weighted by atomic mass is 10.1. The molecule has 0 unspecified atom stereocenters. The van der Waals surface area contributed by atoms with Gasteiger partial charge in [0, 0.05) is 17.6 Å². The summed E-state index contributed by atoms with van der Waals surface area (Å²) in [4.78, 5) is 8.92. The summed E-state index contributed by atoms with van der Waals surface area (Å²) in [5.74, 6) is 0.593. The van der Waals surface area contributed by atoms with E-state index >= 15 is 0 Å². The number of hydrogen-bond acceptors (Lipinski definition) is 6. The van der Waals surface area contributed by atoms with Crippen LogP contribution in [0, 0.1) is 18.3 Å². The van der Waals surface area contributed by atoms with Crippen molar-refractivity contribution in [1.82, 2.24) is 15.3 Å². The Morgan fingerprint density at radius 2 is 2.12 bits per heavy atom. The number of nitriles is 1. The maximum absolute atomic E-state index is 9.74. The molecule has 6 heteroatoms. The van der Waals surface area contributed by atoms with E-state index < -0.39 is 0 Å². The summed E-state index contributed by atoms with van der Waals surface area (Å²) in [6.45, 7) is 1.93. The molecule has 0 atom stereocenters. The van der Waals surface area contributed by atoms with Crippen LogP contribution in [0.15, 0.2) is 47.0 Å². The molecule has 1 aromatic heterocycles. The van der Waals surface area contributed by atoms with Gasteiger partial charge in [-0.2, -0.15) is 5.26 Å². The molecule has 0 spiro atoms. The van der Waals surface area contributed by atoms with E-state index in [1.807, 2.05) is 42.7 Å². The van der Waals surface area contributed by atoms with Crippen molar-refractivity contribution in [2.24, 2.45) is 0 Å². The highest BCUT2D eigenvalue weighted by Gasteiger charge is 2.24. The van der Waals surface area contributed by atoms with Crippen molar-refractivity contribution >= 4 is 29.0 Å². The topological polar surface area (TPSA) is 73.6 Å². The lowest BCUT2D eigenvalue weighted by Gasteiger charge is -2.10. The number of rotatable bonds is 4. The minimum Gasteiger partial charge on any atom is -0.351 e. The zero-order valence-electron chi connectivity index (χ0n) is 13.8. The molecular weight excluding hydrogens is 330 g/mol. The lowest BCUT2D eigenvalue weighted by Crippen LogP contribution is -2.10. The van der Waals surface area contributed by atoms with Crippen molar-refractivity contribution in [2.45, 2.75) is 25.8 Å². The van der Waals surface area contributed by atoms with Gasteiger partial charge in [-0.15, -0.1) is 0 Å². The van der Waals surface area contributed by atoms with Crippen molar-refractivity contribution in [3.05, 3.63) is 63.8 Å². The van der Waals surface area contributed by atoms with Crippen LogP contribution in [0.3, 0.4) is 0 Å². The quantitative estimate of drug-likeness (QED) is 0.818. The van der Waals surface area contributed by atoms with Gasteiger partial charge in [-0.1, -0.05) is 42.1 Å². The molecule has 2 aliphatic rings. The average Bonchev–Trinajstić information content (AvgIpc) is 3.32. The number of nitrogens with zero attached hydrogens (tertiary/aromatic N) is 3. The van der Waals surface area contributed by atoms with Crippen molar-refractivity contribution in [2.75, 3.05) is 5.32 Å². The number of aromatic nitrogens is 2. The monoisotopic (exact) mass is 347 g/mol. The highest BCUT2D eigenvalue weighted by Crippen LogP contribution is 2.35. The van der Waals surface area contributed by atoms with E-state index in [0.717, 1.165) is 34.7 Å². The van der Waals surface area contributed by atoms with E-state index in [-0.39, 0.29) is 0 Å². The van der Waals surface area contributed by atoms with Gasteiger partial charge in [-0.25, -0.2) is 9.97 Å². The fourth-order valence-corrected chi connectivity index (χ4v) is 3.42. The Balaban J connectivity index is 1.64. The Morgan fingerprint density at radius 3 is 2.84 bits per heavy atom. The molecule has 1 aromatic carbocycles. The van der Waals surface area contributed by atoms with Gasteiger partial charge in [-0.05, 0) is 30.9 Å². The molecule has 25 heavy (non-hydrogen) atoms. The third kappa shape index (κ3) is 3.37. The van der Waals surface area contributed by atoms with Crippen LogP contribution >= 0.6 is 11.8 Å². The first-order valence-corrected chi connectivity index (χ1v) is 9.07. The molecule has 0 radical (unpaired) electrons. The fourth-order valence-electron chi connectivity index (χ4n) is 2.56. The predicted molar refractivity (Wildman–Crippen MR) is 101 cm³/mol. The highest BCUT2D eigenvalue weighted by atomic mass is 32.2. The summed E-state index contributed by atoms with van der Waals surface area (Å²) >= 11 is 1.52. The summed E-state index contributed by atoms with van der Waals surface area (Å²) in [6.07, 6.45) is 4.08. The molecule has 1 aliphatic heterocycles. The Kier molecular flexibility index (Phi) is 4.16. The van der Waals surface area contributed by atoms with Crippen LogP contribution < -0.4 is 10.6 Å². The van der Waals surface area contributed by atoms with Crippen LogP contribution in [0.2, 0.25) is 0 Å². The minimum absolute atomic E-state index is 0.471. The van der Waals surface area contributed by atoms with Gasteiger partial charge >= 0.3 is 0 Å². The molecule has 2 aromatic rings. The molecule has 0 amide bonds. The van der Waals surface area contributed by atoms with Crippen molar-refractivity contribution in [3.63, 3.8) is 0 Å². The molecule has 1 saturated carbocycles. The van der Waals surface area contributed by atoms with E-state index in [9.17, 15) is 5.26 Å². The van der Waals surface area contributed by atoms with Crippen LogP contribution in [-0.2, 0) is 0 Å². The fraction of sp³-hybridized carbons (Fsp3) is 0.211. The normalized spacial score (nSPS) is 18.2. The van der Waals surface area contributed by atoms with E-state index in [2.05, 4.69) is 26.7 Å². The Labute approximate surface area is 150 Å². The number of benzene rings is 1. The summed E-state index contributed by atoms with van der Waals surface area (Å²) in [6, 6.07) is 12.9. The SMILES string of the molecule is Cc1cnc(NC2CC2)nc1/C(C#N)=C1/NC(c2ccccc2)=CS1. The minimum atomic E-state index is 0.471. The second-order valence-electron chi connectivity index (χ2n) is 6.10. The second kappa shape index (κ2) is 6.61. The predicted octanol–water partition coefficient (Wildman–Crippen LogP) is 3.89. The molecule has 1 fully saturated rings. The third-order valence-corrected chi connectivity index (χ3v) is 4.98. The van der Waals surface area contributed by atoms with E-state index in [4.69, 9.17) is 0 Å². The van der Waals surface area contributed by atoms with E-state index in [1.165, 1.54) is 11.8 Å². The first-order valence-electron chi connectivity index (χ1n) is 8.19. The summed E-state index contributed by atoms with van der Waals surface area (Å²) in [7, 11) is 0. The van der Waals surface area contributed by atoms with E-state index in [0.29, 0.717) is 23.3 Å². The molecule has 2 N–H and O–H groups in total. The van der Waals surface area contributed by atoms with Crippen LogP contribution in [0.25, 0.3) is 11.3 Å². The van der Waals surface area contributed by atoms with Crippen LogP contribution in [0.4, 0.5) is 5.95 Å². The first-order chi connectivity index (χ1) is 12.2. The maximum atomic E-state index is 9.74. The number of allylic oxidation sites excluding steroid dienone is 1. The van der Waals surface area contributed by atoms with Crippen molar-refractivity contribution in [1.29, 1.82) is 5.26 Å². The largest absolute Gasteiger partial charge is 0.351 e. The molecule has 5 nitrogen and oxygen atoms in total. The first kappa shape index (κ1) is 15.7. The Bertz CT molecular complexity index is 907. The van der Waals surface area contributed by atoms with Gasteiger partial charge in [0.25, 0.3) is 0 Å². The molecule has 0 saturated heterocycles.